The Labute approximate surface area is 76.6 Å². The lowest BCUT2D eigenvalue weighted by atomic mass is 10.2. The van der Waals surface area contributed by atoms with Gasteiger partial charge in [0.15, 0.2) is 0 Å². The Balaban J connectivity index is 0.00000121. The second kappa shape index (κ2) is 4.77. The van der Waals surface area contributed by atoms with Gasteiger partial charge in [0.25, 0.3) is 0 Å². The monoisotopic (exact) mass is 190 g/mol. The SMILES string of the molecule is CC(Cn1ccnc1)C(=O)O.Cl. The number of aromatic nitrogens is 2. The Kier molecular flexibility index (Phi) is 4.36. The van der Waals surface area contributed by atoms with Crippen LogP contribution in [0.4, 0.5) is 0 Å². The van der Waals surface area contributed by atoms with Gasteiger partial charge in [0, 0.05) is 18.9 Å². The zero-order valence-corrected chi connectivity index (χ0v) is 7.49. The number of imidazole rings is 1. The molecule has 1 heterocycles. The van der Waals surface area contributed by atoms with Gasteiger partial charge in [-0.1, -0.05) is 6.92 Å². The first-order valence-corrected chi connectivity index (χ1v) is 3.38. The highest BCUT2D eigenvalue weighted by atomic mass is 35.5. The first kappa shape index (κ1) is 11.0. The maximum atomic E-state index is 10.4. The van der Waals surface area contributed by atoms with Gasteiger partial charge in [0.2, 0.25) is 0 Å². The average Bonchev–Trinajstić information content (AvgIpc) is 2.39. The minimum absolute atomic E-state index is 0. The second-order valence-corrected chi connectivity index (χ2v) is 2.50. The number of rotatable bonds is 3. The minimum atomic E-state index is -0.779. The van der Waals surface area contributed by atoms with Gasteiger partial charge in [-0.2, -0.15) is 0 Å². The van der Waals surface area contributed by atoms with Crippen LogP contribution < -0.4 is 0 Å². The van der Waals surface area contributed by atoms with E-state index >= 15 is 0 Å². The highest BCUT2D eigenvalue weighted by Gasteiger charge is 2.10. The van der Waals surface area contributed by atoms with Crippen LogP contribution in [0.1, 0.15) is 6.92 Å². The Morgan fingerprint density at radius 2 is 2.42 bits per heavy atom. The van der Waals surface area contributed by atoms with E-state index in [0.717, 1.165) is 0 Å². The van der Waals surface area contributed by atoms with Gasteiger partial charge in [0.1, 0.15) is 0 Å². The maximum Gasteiger partial charge on any atom is 0.308 e. The Morgan fingerprint density at radius 1 is 1.75 bits per heavy atom. The van der Waals surface area contributed by atoms with E-state index in [1.807, 2.05) is 0 Å². The Hall–Kier alpha value is -1.03. The summed E-state index contributed by atoms with van der Waals surface area (Å²) >= 11 is 0. The molecule has 1 rings (SSSR count). The van der Waals surface area contributed by atoms with E-state index in [0.29, 0.717) is 6.54 Å². The van der Waals surface area contributed by atoms with Crippen molar-refractivity contribution in [3.8, 4) is 0 Å². The first-order valence-electron chi connectivity index (χ1n) is 3.38. The predicted octanol–water partition coefficient (Wildman–Crippen LogP) is 1.03. The second-order valence-electron chi connectivity index (χ2n) is 2.50. The number of aliphatic carboxylic acids is 1. The molecule has 1 aromatic rings. The standard InChI is InChI=1S/C7H10N2O2.ClH/c1-6(7(10)11)4-9-3-2-8-5-9;/h2-3,5-6H,4H2,1H3,(H,10,11);1H. The van der Waals surface area contributed by atoms with Crippen molar-refractivity contribution in [2.75, 3.05) is 0 Å². The largest absolute Gasteiger partial charge is 0.481 e. The van der Waals surface area contributed by atoms with Gasteiger partial charge < -0.3 is 9.67 Å². The zero-order valence-electron chi connectivity index (χ0n) is 6.67. The summed E-state index contributed by atoms with van der Waals surface area (Å²) in [6.45, 7) is 2.15. The number of nitrogens with zero attached hydrogens (tertiary/aromatic N) is 2. The minimum Gasteiger partial charge on any atom is -0.481 e. The Bertz CT molecular complexity index is 236. The molecule has 0 saturated heterocycles. The fraction of sp³-hybridized carbons (Fsp3) is 0.429. The van der Waals surface area contributed by atoms with Crippen LogP contribution in [0, 0.1) is 5.92 Å². The smallest absolute Gasteiger partial charge is 0.308 e. The molecule has 0 radical (unpaired) electrons. The molecule has 1 aromatic heterocycles. The zero-order chi connectivity index (χ0) is 8.27. The van der Waals surface area contributed by atoms with Crippen LogP contribution in [0.25, 0.3) is 0 Å². The summed E-state index contributed by atoms with van der Waals surface area (Å²) in [5.41, 5.74) is 0. The lowest BCUT2D eigenvalue weighted by Crippen LogP contribution is -2.15. The number of halogens is 1. The molecule has 0 aliphatic heterocycles. The van der Waals surface area contributed by atoms with Crippen molar-refractivity contribution in [3.05, 3.63) is 18.7 Å². The predicted molar refractivity (Wildman–Crippen MR) is 46.3 cm³/mol. The summed E-state index contributed by atoms with van der Waals surface area (Å²) in [4.78, 5) is 14.2. The summed E-state index contributed by atoms with van der Waals surface area (Å²) < 4.78 is 1.75. The topological polar surface area (TPSA) is 55.1 Å². The third-order valence-electron chi connectivity index (χ3n) is 1.47. The quantitative estimate of drug-likeness (QED) is 0.775. The maximum absolute atomic E-state index is 10.4. The van der Waals surface area contributed by atoms with E-state index in [4.69, 9.17) is 5.11 Å². The molecule has 0 saturated carbocycles. The molecule has 0 fully saturated rings. The number of carboxylic acid groups (broad SMARTS) is 1. The van der Waals surface area contributed by atoms with Crippen molar-refractivity contribution in [3.63, 3.8) is 0 Å². The lowest BCUT2D eigenvalue weighted by molar-refractivity contribution is -0.141. The molecule has 12 heavy (non-hydrogen) atoms. The van der Waals surface area contributed by atoms with Crippen LogP contribution in [0.15, 0.2) is 18.7 Å². The highest BCUT2D eigenvalue weighted by molar-refractivity contribution is 5.85. The van der Waals surface area contributed by atoms with Crippen LogP contribution in [0.2, 0.25) is 0 Å². The number of carbonyl (C=O) groups is 1. The van der Waals surface area contributed by atoms with Crippen LogP contribution in [0.3, 0.4) is 0 Å². The average molecular weight is 191 g/mol. The number of hydrogen-bond acceptors (Lipinski definition) is 2. The van der Waals surface area contributed by atoms with E-state index in [1.165, 1.54) is 0 Å². The summed E-state index contributed by atoms with van der Waals surface area (Å²) in [6.07, 6.45) is 4.99. The molecule has 0 aliphatic carbocycles. The molecule has 0 bridgehead atoms. The molecule has 1 atom stereocenters. The molecular formula is C7H11ClN2O2. The molecule has 0 aliphatic rings. The number of hydrogen-bond donors (Lipinski definition) is 1. The third-order valence-corrected chi connectivity index (χ3v) is 1.47. The van der Waals surface area contributed by atoms with Crippen molar-refractivity contribution in [1.29, 1.82) is 0 Å². The molecule has 0 aromatic carbocycles. The summed E-state index contributed by atoms with van der Waals surface area (Å²) in [5.74, 6) is -1.14. The van der Waals surface area contributed by atoms with E-state index < -0.39 is 5.97 Å². The summed E-state index contributed by atoms with van der Waals surface area (Å²) in [6, 6.07) is 0. The van der Waals surface area contributed by atoms with Crippen molar-refractivity contribution >= 4 is 18.4 Å². The normalized spacial score (nSPS) is 11.8. The highest BCUT2D eigenvalue weighted by Crippen LogP contribution is 1.99. The fourth-order valence-electron chi connectivity index (χ4n) is 0.789. The third kappa shape index (κ3) is 2.92. The van der Waals surface area contributed by atoms with E-state index in [9.17, 15) is 4.79 Å². The van der Waals surface area contributed by atoms with Gasteiger partial charge in [-0.05, 0) is 0 Å². The van der Waals surface area contributed by atoms with Crippen LogP contribution >= 0.6 is 12.4 Å². The molecule has 1 unspecified atom stereocenters. The van der Waals surface area contributed by atoms with E-state index in [1.54, 1.807) is 30.2 Å². The van der Waals surface area contributed by atoms with Gasteiger partial charge in [-0.25, -0.2) is 4.98 Å². The van der Waals surface area contributed by atoms with Crippen molar-refractivity contribution in [2.24, 2.45) is 5.92 Å². The number of carboxylic acids is 1. The molecular weight excluding hydrogens is 180 g/mol. The van der Waals surface area contributed by atoms with Crippen molar-refractivity contribution < 1.29 is 9.90 Å². The molecule has 4 nitrogen and oxygen atoms in total. The van der Waals surface area contributed by atoms with Crippen LogP contribution in [-0.4, -0.2) is 20.6 Å². The van der Waals surface area contributed by atoms with Crippen molar-refractivity contribution in [2.45, 2.75) is 13.5 Å². The summed E-state index contributed by atoms with van der Waals surface area (Å²) in [7, 11) is 0. The molecule has 1 N–H and O–H groups in total. The van der Waals surface area contributed by atoms with E-state index in [2.05, 4.69) is 4.98 Å². The molecule has 68 valence electrons. The molecule has 0 amide bonds. The lowest BCUT2D eigenvalue weighted by Gasteiger charge is -2.05. The summed E-state index contributed by atoms with van der Waals surface area (Å²) in [5, 5.41) is 8.55. The van der Waals surface area contributed by atoms with Crippen LogP contribution in [-0.2, 0) is 11.3 Å². The molecule has 0 spiro atoms. The van der Waals surface area contributed by atoms with E-state index in [-0.39, 0.29) is 18.3 Å². The fourth-order valence-corrected chi connectivity index (χ4v) is 0.789. The Morgan fingerprint density at radius 3 is 2.83 bits per heavy atom. The van der Waals surface area contributed by atoms with Crippen LogP contribution in [0.5, 0.6) is 0 Å². The van der Waals surface area contributed by atoms with Gasteiger partial charge in [-0.15, -0.1) is 12.4 Å². The molecule has 5 heteroatoms. The van der Waals surface area contributed by atoms with Gasteiger partial charge in [0.05, 0.1) is 12.2 Å². The first-order chi connectivity index (χ1) is 5.20. The van der Waals surface area contributed by atoms with Gasteiger partial charge >= 0.3 is 5.97 Å². The van der Waals surface area contributed by atoms with Crippen molar-refractivity contribution in [1.82, 2.24) is 9.55 Å². The van der Waals surface area contributed by atoms with Gasteiger partial charge in [-0.3, -0.25) is 4.79 Å².